The Kier molecular flexibility index (Phi) is 2.62. The molecule has 0 atom stereocenters. The monoisotopic (exact) mass is 321 g/mol. The van der Waals surface area contributed by atoms with Crippen molar-refractivity contribution in [1.29, 1.82) is 5.26 Å². The molecule has 1 heterocycles. The van der Waals surface area contributed by atoms with Crippen molar-refractivity contribution in [2.45, 2.75) is 20.8 Å². The van der Waals surface area contributed by atoms with Crippen LogP contribution in [0.15, 0.2) is 36.4 Å². The molecular weight excluding hydrogens is 306 g/mol. The molecule has 0 saturated heterocycles. The van der Waals surface area contributed by atoms with Crippen LogP contribution in [0.1, 0.15) is 22.5 Å². The number of aromatic nitrogens is 2. The highest BCUT2D eigenvalue weighted by Crippen LogP contribution is 2.40. The fourth-order valence-electron chi connectivity index (χ4n) is 4.00. The molecule has 0 bridgehead atoms. The number of nitriles is 1. The highest BCUT2D eigenvalue weighted by molar-refractivity contribution is 6.32. The zero-order valence-electron chi connectivity index (χ0n) is 14.3. The van der Waals surface area contributed by atoms with Crippen molar-refractivity contribution in [1.82, 2.24) is 9.97 Å². The maximum absolute atomic E-state index is 9.41. The largest absolute Gasteiger partial charge is 0.248 e. The number of nitrogens with zero attached hydrogens (tertiary/aromatic N) is 3. The van der Waals surface area contributed by atoms with Crippen LogP contribution in [-0.4, -0.2) is 9.97 Å². The Labute approximate surface area is 144 Å². The lowest BCUT2D eigenvalue weighted by Crippen LogP contribution is -1.98. The highest BCUT2D eigenvalue weighted by atomic mass is 14.8. The fraction of sp³-hybridized carbons (Fsp3) is 0.136. The van der Waals surface area contributed by atoms with E-state index in [-0.39, 0.29) is 0 Å². The molecular formula is C22H15N3. The van der Waals surface area contributed by atoms with E-state index in [0.717, 1.165) is 21.8 Å². The summed E-state index contributed by atoms with van der Waals surface area (Å²) in [6.07, 6.45) is 0. The van der Waals surface area contributed by atoms with E-state index in [1.807, 2.05) is 6.92 Å². The molecule has 3 nitrogen and oxygen atoms in total. The molecule has 0 radical (unpaired) electrons. The Bertz CT molecular complexity index is 1370. The van der Waals surface area contributed by atoms with Gasteiger partial charge in [0, 0.05) is 10.8 Å². The van der Waals surface area contributed by atoms with Gasteiger partial charge in [0.1, 0.15) is 6.07 Å². The van der Waals surface area contributed by atoms with Crippen LogP contribution in [0.3, 0.4) is 0 Å². The van der Waals surface area contributed by atoms with Crippen molar-refractivity contribution in [3.63, 3.8) is 0 Å². The molecule has 0 saturated carbocycles. The minimum atomic E-state index is 0.400. The van der Waals surface area contributed by atoms with Gasteiger partial charge in [0.2, 0.25) is 0 Å². The summed E-state index contributed by atoms with van der Waals surface area (Å²) >= 11 is 0. The second kappa shape index (κ2) is 4.64. The third-order valence-corrected chi connectivity index (χ3v) is 5.01. The molecule has 5 rings (SSSR count). The number of aryl methyl sites for hydroxylation is 3. The lowest BCUT2D eigenvalue weighted by Gasteiger charge is -2.15. The second-order valence-corrected chi connectivity index (χ2v) is 6.85. The van der Waals surface area contributed by atoms with Gasteiger partial charge in [0.15, 0.2) is 5.69 Å². The standard InChI is InChI=1S/C22H15N3/c1-11-6-14-4-5-15-7-12(2)9-17-20(15)19(14)16(8-11)21-22(17)25-18(10-23)13(3)24-21/h4-9H,1-3H3. The molecule has 118 valence electrons. The van der Waals surface area contributed by atoms with Crippen LogP contribution >= 0.6 is 0 Å². The maximum Gasteiger partial charge on any atom is 0.162 e. The first-order valence-corrected chi connectivity index (χ1v) is 8.34. The van der Waals surface area contributed by atoms with Gasteiger partial charge in [0.05, 0.1) is 16.7 Å². The summed E-state index contributed by atoms with van der Waals surface area (Å²) in [6, 6.07) is 15.3. The number of benzene rings is 4. The van der Waals surface area contributed by atoms with Crippen LogP contribution in [-0.2, 0) is 0 Å². The first kappa shape index (κ1) is 14.1. The van der Waals surface area contributed by atoms with Gasteiger partial charge >= 0.3 is 0 Å². The van der Waals surface area contributed by atoms with Gasteiger partial charge in [-0.05, 0) is 65.6 Å². The second-order valence-electron chi connectivity index (χ2n) is 6.85. The van der Waals surface area contributed by atoms with E-state index < -0.39 is 0 Å². The molecule has 0 aliphatic heterocycles. The molecule has 1 aromatic heterocycles. The van der Waals surface area contributed by atoms with Crippen LogP contribution < -0.4 is 0 Å². The Hall–Kier alpha value is -3.25. The minimum absolute atomic E-state index is 0.400. The summed E-state index contributed by atoms with van der Waals surface area (Å²) in [5.74, 6) is 0. The lowest BCUT2D eigenvalue weighted by atomic mass is 9.90. The van der Waals surface area contributed by atoms with Gasteiger partial charge in [-0.1, -0.05) is 24.3 Å². The minimum Gasteiger partial charge on any atom is -0.248 e. The Balaban J connectivity index is 2.23. The van der Waals surface area contributed by atoms with Crippen LogP contribution in [0, 0.1) is 32.1 Å². The average molecular weight is 321 g/mol. The fourth-order valence-corrected chi connectivity index (χ4v) is 4.00. The van der Waals surface area contributed by atoms with E-state index in [4.69, 9.17) is 4.98 Å². The quantitative estimate of drug-likeness (QED) is 0.286. The Morgan fingerprint density at radius 3 is 1.80 bits per heavy atom. The number of rotatable bonds is 0. The van der Waals surface area contributed by atoms with Gasteiger partial charge in [0.25, 0.3) is 0 Å². The third-order valence-electron chi connectivity index (χ3n) is 5.01. The van der Waals surface area contributed by atoms with E-state index in [0.29, 0.717) is 11.4 Å². The van der Waals surface area contributed by atoms with Crippen molar-refractivity contribution in [3.05, 3.63) is 58.9 Å². The summed E-state index contributed by atoms with van der Waals surface area (Å²) in [5.41, 5.74) is 5.17. The van der Waals surface area contributed by atoms with E-state index in [2.05, 4.69) is 61.3 Å². The van der Waals surface area contributed by atoms with Crippen molar-refractivity contribution in [3.8, 4) is 6.07 Å². The topological polar surface area (TPSA) is 49.6 Å². The molecule has 5 aromatic rings. The zero-order valence-corrected chi connectivity index (χ0v) is 14.3. The van der Waals surface area contributed by atoms with Crippen molar-refractivity contribution in [2.75, 3.05) is 0 Å². The Morgan fingerprint density at radius 2 is 1.28 bits per heavy atom. The predicted octanol–water partition coefficient (Wildman–Crippen LogP) is 5.32. The molecule has 0 aliphatic carbocycles. The number of hydrogen-bond donors (Lipinski definition) is 0. The molecule has 3 heteroatoms. The van der Waals surface area contributed by atoms with Crippen molar-refractivity contribution < 1.29 is 0 Å². The van der Waals surface area contributed by atoms with Gasteiger partial charge in [-0.25, -0.2) is 9.97 Å². The summed E-state index contributed by atoms with van der Waals surface area (Å²) in [4.78, 5) is 9.47. The van der Waals surface area contributed by atoms with Gasteiger partial charge in [-0.2, -0.15) is 5.26 Å². The first-order valence-electron chi connectivity index (χ1n) is 8.34. The van der Waals surface area contributed by atoms with E-state index in [1.54, 1.807) is 0 Å². The van der Waals surface area contributed by atoms with Gasteiger partial charge in [-0.15, -0.1) is 0 Å². The first-order chi connectivity index (χ1) is 12.1. The lowest BCUT2D eigenvalue weighted by molar-refractivity contribution is 1.16. The number of hydrogen-bond acceptors (Lipinski definition) is 3. The van der Waals surface area contributed by atoms with E-state index >= 15 is 0 Å². The van der Waals surface area contributed by atoms with Crippen LogP contribution in [0.4, 0.5) is 0 Å². The SMILES string of the molecule is Cc1cc2ccc3cc(C)cc4c5nc(C#N)c(C)nc5c(c1)c2c34. The highest BCUT2D eigenvalue weighted by Gasteiger charge is 2.17. The van der Waals surface area contributed by atoms with Crippen LogP contribution in [0.25, 0.3) is 43.4 Å². The van der Waals surface area contributed by atoms with Crippen LogP contribution in [0.5, 0.6) is 0 Å². The third kappa shape index (κ3) is 1.79. The van der Waals surface area contributed by atoms with Crippen molar-refractivity contribution in [2.24, 2.45) is 0 Å². The maximum atomic E-state index is 9.41. The van der Waals surface area contributed by atoms with Crippen LogP contribution in [0.2, 0.25) is 0 Å². The summed E-state index contributed by atoms with van der Waals surface area (Å²) in [5, 5.41) is 16.5. The summed E-state index contributed by atoms with van der Waals surface area (Å²) in [6.45, 7) is 6.05. The van der Waals surface area contributed by atoms with Crippen molar-refractivity contribution >= 4 is 43.4 Å². The average Bonchev–Trinajstić information content (AvgIpc) is 2.59. The molecule has 25 heavy (non-hydrogen) atoms. The normalized spacial score (nSPS) is 11.8. The smallest absolute Gasteiger partial charge is 0.162 e. The summed E-state index contributed by atoms with van der Waals surface area (Å²) in [7, 11) is 0. The molecule has 0 amide bonds. The molecule has 0 unspecified atom stereocenters. The van der Waals surface area contributed by atoms with E-state index in [9.17, 15) is 5.26 Å². The number of fused-ring (bicyclic) bond motifs is 3. The zero-order chi connectivity index (χ0) is 17.3. The predicted molar refractivity (Wildman–Crippen MR) is 102 cm³/mol. The van der Waals surface area contributed by atoms with E-state index in [1.165, 1.54) is 32.7 Å². The molecule has 0 spiro atoms. The molecule has 0 aliphatic rings. The van der Waals surface area contributed by atoms with Gasteiger partial charge in [-0.3, -0.25) is 0 Å². The Morgan fingerprint density at radius 1 is 0.760 bits per heavy atom. The molecule has 0 N–H and O–H groups in total. The van der Waals surface area contributed by atoms with Gasteiger partial charge < -0.3 is 0 Å². The summed E-state index contributed by atoms with van der Waals surface area (Å²) < 4.78 is 0. The molecule has 0 fully saturated rings. The molecule has 4 aromatic carbocycles.